The minimum Gasteiger partial charge on any atom is -0.322 e. The van der Waals surface area contributed by atoms with Crippen molar-refractivity contribution in [3.8, 4) is 11.3 Å². The van der Waals surface area contributed by atoms with Crippen molar-refractivity contribution < 1.29 is 13.6 Å². The van der Waals surface area contributed by atoms with Crippen LogP contribution in [0.4, 0.5) is 14.5 Å². The van der Waals surface area contributed by atoms with E-state index in [4.69, 9.17) is 0 Å². The SMILES string of the molecule is Cc1cccc(-c2n[nH]c3ccc(NC(=O)c4c(F)cc5c(cnn5C)c4F)cc23)c1C. The fourth-order valence-corrected chi connectivity index (χ4v) is 3.93. The number of carbonyl (C=O) groups excluding carboxylic acids is 1. The fourth-order valence-electron chi connectivity index (χ4n) is 3.93. The number of aryl methyl sites for hydroxylation is 2. The van der Waals surface area contributed by atoms with Crippen molar-refractivity contribution in [3.05, 3.63) is 77.0 Å². The molecule has 32 heavy (non-hydrogen) atoms. The van der Waals surface area contributed by atoms with Crippen LogP contribution >= 0.6 is 0 Å². The van der Waals surface area contributed by atoms with E-state index in [0.717, 1.165) is 39.4 Å². The molecule has 3 aromatic carbocycles. The van der Waals surface area contributed by atoms with Gasteiger partial charge >= 0.3 is 0 Å². The fraction of sp³-hybridized carbons (Fsp3) is 0.125. The molecule has 6 nitrogen and oxygen atoms in total. The number of anilines is 1. The molecule has 2 aromatic heterocycles. The van der Waals surface area contributed by atoms with Gasteiger partial charge in [0.25, 0.3) is 5.91 Å². The van der Waals surface area contributed by atoms with Gasteiger partial charge in [-0.15, -0.1) is 0 Å². The summed E-state index contributed by atoms with van der Waals surface area (Å²) in [6.07, 6.45) is 1.27. The van der Waals surface area contributed by atoms with Crippen LogP contribution in [0.15, 0.2) is 48.7 Å². The van der Waals surface area contributed by atoms with Gasteiger partial charge in [0.2, 0.25) is 0 Å². The van der Waals surface area contributed by atoms with Crippen molar-refractivity contribution in [2.45, 2.75) is 13.8 Å². The van der Waals surface area contributed by atoms with Crippen LogP contribution in [0.2, 0.25) is 0 Å². The summed E-state index contributed by atoms with van der Waals surface area (Å²) in [5, 5.41) is 14.9. The Hall–Kier alpha value is -4.07. The molecule has 0 fully saturated rings. The zero-order chi connectivity index (χ0) is 22.6. The Morgan fingerprint density at radius 2 is 1.91 bits per heavy atom. The number of nitrogens with one attached hydrogen (secondary N) is 2. The zero-order valence-electron chi connectivity index (χ0n) is 17.6. The molecule has 0 atom stereocenters. The van der Waals surface area contributed by atoms with Gasteiger partial charge in [-0.25, -0.2) is 8.78 Å². The summed E-state index contributed by atoms with van der Waals surface area (Å²) in [6, 6.07) is 12.3. The smallest absolute Gasteiger partial charge is 0.261 e. The lowest BCUT2D eigenvalue weighted by Gasteiger charge is -2.09. The summed E-state index contributed by atoms with van der Waals surface area (Å²) in [5.41, 5.74) is 4.77. The zero-order valence-corrected chi connectivity index (χ0v) is 17.6. The van der Waals surface area contributed by atoms with Crippen molar-refractivity contribution >= 4 is 33.4 Å². The monoisotopic (exact) mass is 431 g/mol. The van der Waals surface area contributed by atoms with E-state index in [1.807, 2.05) is 32.0 Å². The number of carbonyl (C=O) groups is 1. The minimum atomic E-state index is -0.948. The molecule has 0 aliphatic rings. The summed E-state index contributed by atoms with van der Waals surface area (Å²) >= 11 is 0. The number of fused-ring (bicyclic) bond motifs is 2. The van der Waals surface area contributed by atoms with E-state index in [0.29, 0.717) is 5.69 Å². The van der Waals surface area contributed by atoms with Crippen molar-refractivity contribution in [3.63, 3.8) is 0 Å². The molecule has 0 spiro atoms. The Morgan fingerprint density at radius 1 is 1.09 bits per heavy atom. The molecular weight excluding hydrogens is 412 g/mol. The summed E-state index contributed by atoms with van der Waals surface area (Å²) in [6.45, 7) is 4.05. The van der Waals surface area contributed by atoms with Crippen LogP contribution in [0.25, 0.3) is 33.1 Å². The van der Waals surface area contributed by atoms with Gasteiger partial charge in [-0.2, -0.15) is 10.2 Å². The lowest BCUT2D eigenvalue weighted by atomic mass is 9.99. The maximum absolute atomic E-state index is 14.9. The third-order valence-electron chi connectivity index (χ3n) is 5.85. The quantitative estimate of drug-likeness (QED) is 0.409. The summed E-state index contributed by atoms with van der Waals surface area (Å²) in [4.78, 5) is 12.8. The number of H-pyrrole nitrogens is 1. The molecule has 0 saturated heterocycles. The van der Waals surface area contributed by atoms with E-state index in [1.165, 1.54) is 10.9 Å². The molecule has 0 aliphatic carbocycles. The Bertz CT molecular complexity index is 1530. The highest BCUT2D eigenvalue weighted by molar-refractivity contribution is 6.08. The van der Waals surface area contributed by atoms with Gasteiger partial charge in [-0.05, 0) is 43.2 Å². The molecule has 0 saturated carbocycles. The molecule has 0 unspecified atom stereocenters. The molecule has 5 aromatic rings. The van der Waals surface area contributed by atoms with E-state index in [9.17, 15) is 13.6 Å². The molecule has 0 aliphatic heterocycles. The highest BCUT2D eigenvalue weighted by Gasteiger charge is 2.22. The van der Waals surface area contributed by atoms with Gasteiger partial charge in [-0.3, -0.25) is 14.6 Å². The second-order valence-electron chi connectivity index (χ2n) is 7.78. The Kier molecular flexibility index (Phi) is 4.51. The summed E-state index contributed by atoms with van der Waals surface area (Å²) in [5.74, 6) is -2.76. The first-order chi connectivity index (χ1) is 15.3. The van der Waals surface area contributed by atoms with Gasteiger partial charge in [0.1, 0.15) is 22.9 Å². The predicted octanol–water partition coefficient (Wildman–Crippen LogP) is 5.26. The van der Waals surface area contributed by atoms with Gasteiger partial charge in [0, 0.05) is 29.8 Å². The van der Waals surface area contributed by atoms with Crippen LogP contribution in [-0.4, -0.2) is 25.9 Å². The molecule has 2 N–H and O–H groups in total. The molecule has 8 heteroatoms. The van der Waals surface area contributed by atoms with Crippen LogP contribution in [0.5, 0.6) is 0 Å². The number of halogens is 2. The second kappa shape index (κ2) is 7.26. The van der Waals surface area contributed by atoms with Crippen molar-refractivity contribution in [2.24, 2.45) is 7.05 Å². The Labute approximate surface area is 181 Å². The highest BCUT2D eigenvalue weighted by Crippen LogP contribution is 2.32. The number of hydrogen-bond acceptors (Lipinski definition) is 3. The minimum absolute atomic E-state index is 0.0848. The maximum atomic E-state index is 14.9. The second-order valence-corrected chi connectivity index (χ2v) is 7.78. The average molecular weight is 431 g/mol. The van der Waals surface area contributed by atoms with Crippen molar-refractivity contribution in [2.75, 3.05) is 5.32 Å². The number of rotatable bonds is 3. The topological polar surface area (TPSA) is 75.6 Å². The number of benzene rings is 3. The maximum Gasteiger partial charge on any atom is 0.261 e. The predicted molar refractivity (Wildman–Crippen MR) is 120 cm³/mol. The molecule has 0 radical (unpaired) electrons. The first-order valence-electron chi connectivity index (χ1n) is 10.0. The number of nitrogens with zero attached hydrogens (tertiary/aromatic N) is 3. The average Bonchev–Trinajstić information content (AvgIpc) is 3.34. The van der Waals surface area contributed by atoms with Gasteiger partial charge in [0.15, 0.2) is 0 Å². The van der Waals surface area contributed by atoms with Gasteiger partial charge < -0.3 is 5.32 Å². The summed E-state index contributed by atoms with van der Waals surface area (Å²) in [7, 11) is 1.58. The van der Waals surface area contributed by atoms with E-state index >= 15 is 0 Å². The lowest BCUT2D eigenvalue weighted by Crippen LogP contribution is -2.16. The van der Waals surface area contributed by atoms with Gasteiger partial charge in [-0.1, -0.05) is 18.2 Å². The number of aromatic nitrogens is 4. The molecule has 160 valence electrons. The summed E-state index contributed by atoms with van der Waals surface area (Å²) < 4.78 is 30.9. The molecular formula is C24H19F2N5O. The molecule has 0 bridgehead atoms. The van der Waals surface area contributed by atoms with Crippen LogP contribution in [0, 0.1) is 25.5 Å². The molecule has 5 rings (SSSR count). The van der Waals surface area contributed by atoms with Crippen LogP contribution < -0.4 is 5.32 Å². The molecule has 2 heterocycles. The largest absolute Gasteiger partial charge is 0.322 e. The third-order valence-corrected chi connectivity index (χ3v) is 5.85. The highest BCUT2D eigenvalue weighted by atomic mass is 19.1. The van der Waals surface area contributed by atoms with E-state index in [1.54, 1.807) is 25.2 Å². The third kappa shape index (κ3) is 3.03. The Balaban J connectivity index is 1.55. The lowest BCUT2D eigenvalue weighted by molar-refractivity contribution is 0.101. The van der Waals surface area contributed by atoms with Crippen LogP contribution in [0.1, 0.15) is 21.5 Å². The standard InChI is InChI=1S/C24H19F2N5O/c1-12-5-4-6-15(13(12)2)23-16-9-14(7-8-19(16)29-30-23)28-24(32)21-18(25)10-20-17(22(21)26)11-27-31(20)3/h4-11H,1-3H3,(H,28,32)(H,29,30). The number of hydrogen-bond donors (Lipinski definition) is 2. The van der Waals surface area contributed by atoms with Crippen molar-refractivity contribution in [1.29, 1.82) is 0 Å². The normalized spacial score (nSPS) is 11.4. The van der Waals surface area contributed by atoms with Crippen LogP contribution in [0.3, 0.4) is 0 Å². The molecule has 1 amide bonds. The van der Waals surface area contributed by atoms with E-state index in [-0.39, 0.29) is 10.9 Å². The van der Waals surface area contributed by atoms with Crippen LogP contribution in [-0.2, 0) is 7.05 Å². The first-order valence-corrected chi connectivity index (χ1v) is 10.0. The Morgan fingerprint density at radius 3 is 2.72 bits per heavy atom. The number of aromatic amines is 1. The first kappa shape index (κ1) is 19.9. The van der Waals surface area contributed by atoms with E-state index < -0.39 is 23.1 Å². The van der Waals surface area contributed by atoms with Gasteiger partial charge in [0.05, 0.1) is 22.6 Å². The number of amides is 1. The van der Waals surface area contributed by atoms with E-state index in [2.05, 4.69) is 20.6 Å². The van der Waals surface area contributed by atoms with Crippen molar-refractivity contribution in [1.82, 2.24) is 20.0 Å².